The van der Waals surface area contributed by atoms with Crippen LogP contribution in [0.15, 0.2) is 12.3 Å². The van der Waals surface area contributed by atoms with Gasteiger partial charge in [0.05, 0.1) is 5.56 Å². The molecule has 1 aromatic rings. The Hall–Kier alpha value is -2.09. The molecule has 0 aromatic carbocycles. The van der Waals surface area contributed by atoms with E-state index >= 15 is 0 Å². The van der Waals surface area contributed by atoms with E-state index in [9.17, 15) is 23.2 Å². The summed E-state index contributed by atoms with van der Waals surface area (Å²) >= 11 is 1.05. The quantitative estimate of drug-likeness (QED) is 0.646. The number of nitrogens with one attached hydrogen (secondary N) is 2. The number of carbonyl (C=O) groups is 3. The molecule has 2 unspecified atom stereocenters. The average Bonchev–Trinajstić information content (AvgIpc) is 3.49. The smallest absolute Gasteiger partial charge is 0.258 e. The topological polar surface area (TPSA) is 75.3 Å². The Morgan fingerprint density at radius 3 is 2.60 bits per heavy atom. The van der Waals surface area contributed by atoms with Crippen LogP contribution in [0.5, 0.6) is 0 Å². The minimum Gasteiger partial charge on any atom is -0.326 e. The average molecular weight is 437 g/mol. The molecule has 2 N–H and O–H groups in total. The first-order chi connectivity index (χ1) is 14.3. The molecule has 30 heavy (non-hydrogen) atoms. The van der Waals surface area contributed by atoms with Crippen molar-refractivity contribution >= 4 is 34.4 Å². The number of allylic oxidation sites excluding steroid dienone is 1. The minimum absolute atomic E-state index is 0.0910. The minimum atomic E-state index is -2.81. The number of halogens is 2. The normalized spacial score (nSPS) is 25.1. The molecule has 4 rings (SSSR count). The molecule has 0 aliphatic heterocycles. The van der Waals surface area contributed by atoms with Gasteiger partial charge in [0.2, 0.25) is 5.91 Å². The Balaban J connectivity index is 1.61. The van der Waals surface area contributed by atoms with Crippen molar-refractivity contribution in [2.24, 2.45) is 17.8 Å². The number of thiophene rings is 1. The van der Waals surface area contributed by atoms with Crippen LogP contribution in [0.2, 0.25) is 0 Å². The number of aldehydes is 1. The van der Waals surface area contributed by atoms with Gasteiger partial charge in [0.25, 0.3) is 11.8 Å². The third-order valence-electron chi connectivity index (χ3n) is 6.39. The van der Waals surface area contributed by atoms with Gasteiger partial charge in [0.15, 0.2) is 0 Å². The molecule has 0 saturated heterocycles. The third kappa shape index (κ3) is 4.33. The van der Waals surface area contributed by atoms with Crippen LogP contribution in [0, 0.1) is 17.8 Å². The van der Waals surface area contributed by atoms with E-state index in [0.29, 0.717) is 34.0 Å². The van der Waals surface area contributed by atoms with Gasteiger partial charge in [-0.15, -0.1) is 11.3 Å². The molecule has 8 heteroatoms. The number of hydrogen-bond donors (Lipinski definition) is 2. The molecule has 5 nitrogen and oxygen atoms in total. The number of rotatable bonds is 6. The van der Waals surface area contributed by atoms with Gasteiger partial charge in [-0.05, 0) is 43.6 Å². The van der Waals surface area contributed by atoms with Gasteiger partial charge < -0.3 is 15.4 Å². The van der Waals surface area contributed by atoms with Gasteiger partial charge in [-0.3, -0.25) is 9.59 Å². The Labute approximate surface area is 178 Å². The summed E-state index contributed by atoms with van der Waals surface area (Å²) < 4.78 is 27.9. The maximum Gasteiger partial charge on any atom is 0.258 e. The van der Waals surface area contributed by atoms with E-state index in [4.69, 9.17) is 0 Å². The van der Waals surface area contributed by atoms with Crippen LogP contribution in [0.4, 0.5) is 13.8 Å². The van der Waals surface area contributed by atoms with Crippen molar-refractivity contribution in [3.63, 3.8) is 0 Å². The van der Waals surface area contributed by atoms with Crippen LogP contribution in [-0.2, 0) is 22.4 Å². The largest absolute Gasteiger partial charge is 0.326 e. The van der Waals surface area contributed by atoms with Crippen LogP contribution in [0.25, 0.3) is 0 Å². The van der Waals surface area contributed by atoms with Crippen LogP contribution in [0.1, 0.15) is 65.7 Å². The molecule has 2 fully saturated rings. The molecule has 1 aromatic heterocycles. The van der Waals surface area contributed by atoms with Crippen LogP contribution in [0.3, 0.4) is 0 Å². The first-order valence-corrected chi connectivity index (χ1v) is 11.4. The van der Waals surface area contributed by atoms with E-state index in [1.165, 1.54) is 0 Å². The van der Waals surface area contributed by atoms with E-state index < -0.39 is 24.2 Å². The molecule has 1 heterocycles. The first-order valence-electron chi connectivity index (χ1n) is 10.6. The lowest BCUT2D eigenvalue weighted by atomic mass is 9.79. The summed E-state index contributed by atoms with van der Waals surface area (Å²) in [7, 11) is 0. The van der Waals surface area contributed by atoms with Crippen molar-refractivity contribution in [3.8, 4) is 0 Å². The summed E-state index contributed by atoms with van der Waals surface area (Å²) in [6, 6.07) is 0. The maximum absolute atomic E-state index is 14.0. The molecular weight excluding hydrogens is 410 g/mol. The molecule has 3 aliphatic rings. The van der Waals surface area contributed by atoms with Crippen LogP contribution in [-0.4, -0.2) is 24.0 Å². The lowest BCUT2D eigenvalue weighted by Gasteiger charge is -2.26. The fourth-order valence-electron chi connectivity index (χ4n) is 4.47. The number of alkyl halides is 2. The summed E-state index contributed by atoms with van der Waals surface area (Å²) in [6.45, 7) is 3.91. The van der Waals surface area contributed by atoms with Crippen molar-refractivity contribution in [2.45, 2.75) is 63.7 Å². The van der Waals surface area contributed by atoms with E-state index in [0.717, 1.165) is 43.3 Å². The Bertz CT molecular complexity index is 891. The van der Waals surface area contributed by atoms with Gasteiger partial charge in [-0.1, -0.05) is 19.4 Å². The molecule has 2 atom stereocenters. The highest BCUT2D eigenvalue weighted by molar-refractivity contribution is 7.17. The van der Waals surface area contributed by atoms with Gasteiger partial charge in [-0.2, -0.15) is 0 Å². The highest BCUT2D eigenvalue weighted by Gasteiger charge is 2.40. The second-order valence-electron chi connectivity index (χ2n) is 8.67. The predicted molar refractivity (Wildman–Crippen MR) is 111 cm³/mol. The van der Waals surface area contributed by atoms with Crippen molar-refractivity contribution in [3.05, 3.63) is 28.3 Å². The molecule has 0 bridgehead atoms. The number of amides is 2. The highest BCUT2D eigenvalue weighted by Crippen LogP contribution is 2.44. The van der Waals surface area contributed by atoms with E-state index in [-0.39, 0.29) is 36.1 Å². The van der Waals surface area contributed by atoms with E-state index in [1.54, 1.807) is 0 Å². The summed E-state index contributed by atoms with van der Waals surface area (Å²) in [5, 5.41) is 5.92. The molecule has 2 saturated carbocycles. The second kappa shape index (κ2) is 8.21. The fraction of sp³-hybridized carbons (Fsp3) is 0.591. The van der Waals surface area contributed by atoms with Crippen molar-refractivity contribution in [2.75, 3.05) is 5.32 Å². The highest BCUT2D eigenvalue weighted by atomic mass is 32.1. The van der Waals surface area contributed by atoms with Crippen molar-refractivity contribution in [1.82, 2.24) is 5.32 Å². The summed E-state index contributed by atoms with van der Waals surface area (Å²) in [5.41, 5.74) is 1.50. The van der Waals surface area contributed by atoms with Crippen molar-refractivity contribution in [1.29, 1.82) is 0 Å². The summed E-state index contributed by atoms with van der Waals surface area (Å²) in [4.78, 5) is 37.8. The lowest BCUT2D eigenvalue weighted by Crippen LogP contribution is -2.33. The van der Waals surface area contributed by atoms with E-state index in [1.807, 2.05) is 0 Å². The molecule has 0 radical (unpaired) electrons. The maximum atomic E-state index is 14.0. The molecular formula is C22H26F2N2O3S. The van der Waals surface area contributed by atoms with Gasteiger partial charge >= 0.3 is 0 Å². The predicted octanol–water partition coefficient (Wildman–Crippen LogP) is 4.47. The number of hydrogen-bond acceptors (Lipinski definition) is 4. The number of anilines is 1. The monoisotopic (exact) mass is 436 g/mol. The second-order valence-corrected chi connectivity index (χ2v) is 9.78. The number of fused-ring (bicyclic) bond motifs is 1. The van der Waals surface area contributed by atoms with Gasteiger partial charge in [-0.25, -0.2) is 8.78 Å². The third-order valence-corrected chi connectivity index (χ3v) is 7.54. The summed E-state index contributed by atoms with van der Waals surface area (Å²) in [6.07, 6.45) is 5.19. The van der Waals surface area contributed by atoms with Crippen LogP contribution >= 0.6 is 11.3 Å². The zero-order valence-corrected chi connectivity index (χ0v) is 17.6. The zero-order chi connectivity index (χ0) is 21.5. The zero-order valence-electron chi connectivity index (χ0n) is 16.8. The Morgan fingerprint density at radius 1 is 1.17 bits per heavy atom. The SMILES string of the molecule is C=C(NC(=O)c1c(NC(=O)C2CCCCC2C=O)sc2c1CCC(F)(F)C2)C1CC1. The first kappa shape index (κ1) is 21.2. The molecule has 2 amide bonds. The van der Waals surface area contributed by atoms with Gasteiger partial charge in [0.1, 0.15) is 11.3 Å². The number of carbonyl (C=O) groups excluding carboxylic acids is 3. The molecule has 0 spiro atoms. The fourth-order valence-corrected chi connectivity index (χ4v) is 5.80. The standard InChI is InChI=1S/C22H26F2N2O3S/c1-12(13-6-7-13)25-20(29)18-16-8-9-22(23,24)10-17(16)30-21(18)26-19(28)15-5-3-2-4-14(15)11-27/h11,13-15H,1-10H2,(H,25,29)(H,26,28). The van der Waals surface area contributed by atoms with Gasteiger partial charge in [0, 0.05) is 35.3 Å². The lowest BCUT2D eigenvalue weighted by molar-refractivity contribution is -0.126. The van der Waals surface area contributed by atoms with E-state index in [2.05, 4.69) is 17.2 Å². The van der Waals surface area contributed by atoms with Crippen LogP contribution < -0.4 is 10.6 Å². The Kier molecular flexibility index (Phi) is 5.79. The summed E-state index contributed by atoms with van der Waals surface area (Å²) in [5.74, 6) is -4.05. The van der Waals surface area contributed by atoms with Crippen molar-refractivity contribution < 1.29 is 23.2 Å². The Morgan fingerprint density at radius 2 is 1.90 bits per heavy atom. The molecule has 3 aliphatic carbocycles. The molecule has 162 valence electrons.